The van der Waals surface area contributed by atoms with Crippen molar-refractivity contribution in [2.45, 2.75) is 6.04 Å². The van der Waals surface area contributed by atoms with Gasteiger partial charge in [0.25, 0.3) is 0 Å². The van der Waals surface area contributed by atoms with E-state index >= 15 is 0 Å². The maximum Gasteiger partial charge on any atom is 0.322 e. The van der Waals surface area contributed by atoms with Crippen LogP contribution in [0.15, 0.2) is 0 Å². The molecule has 1 unspecified atom stereocenters. The van der Waals surface area contributed by atoms with Gasteiger partial charge in [-0.3, -0.25) is 4.79 Å². The summed E-state index contributed by atoms with van der Waals surface area (Å²) >= 11 is 0. The Hall–Kier alpha value is -0.610. The zero-order valence-electron chi connectivity index (χ0n) is 5.64. The molecular weight excluding hydrogens is 120 g/mol. The predicted molar refractivity (Wildman–Crippen MR) is 34.4 cm³/mol. The van der Waals surface area contributed by atoms with Crippen molar-refractivity contribution in [2.75, 3.05) is 20.6 Å². The molecule has 0 aliphatic heterocycles. The number of carboxylic acid groups (broad SMARTS) is 1. The Kier molecular flexibility index (Phi) is 4.00. The molecular formula is C5H12N2O2. The van der Waals surface area contributed by atoms with Crippen LogP contribution >= 0.6 is 0 Å². The van der Waals surface area contributed by atoms with Crippen LogP contribution in [0.5, 0.6) is 0 Å². The summed E-state index contributed by atoms with van der Waals surface area (Å²) in [7, 11) is 3.34. The molecule has 0 saturated carbocycles. The van der Waals surface area contributed by atoms with Crippen molar-refractivity contribution >= 4 is 5.97 Å². The molecule has 0 aliphatic rings. The van der Waals surface area contributed by atoms with Gasteiger partial charge in [0.2, 0.25) is 0 Å². The zero-order valence-corrected chi connectivity index (χ0v) is 5.64. The molecule has 4 heteroatoms. The molecule has 0 aromatic carbocycles. The first-order valence-electron chi connectivity index (χ1n) is 2.77. The summed E-state index contributed by atoms with van der Waals surface area (Å²) < 4.78 is 0. The van der Waals surface area contributed by atoms with Crippen LogP contribution in [0, 0.1) is 0 Å². The van der Waals surface area contributed by atoms with Gasteiger partial charge < -0.3 is 15.7 Å². The largest absolute Gasteiger partial charge is 0.480 e. The van der Waals surface area contributed by atoms with Crippen molar-refractivity contribution < 1.29 is 9.90 Å². The van der Waals surface area contributed by atoms with Crippen molar-refractivity contribution in [2.24, 2.45) is 0 Å². The van der Waals surface area contributed by atoms with Crippen LogP contribution in [-0.2, 0) is 4.79 Å². The van der Waals surface area contributed by atoms with E-state index in [0.29, 0.717) is 6.54 Å². The minimum absolute atomic E-state index is 0.450. The second-order valence-electron chi connectivity index (χ2n) is 1.74. The SMILES string of the molecule is CNCC(NC)C(=O)O. The molecule has 3 N–H and O–H groups in total. The molecule has 0 rings (SSSR count). The molecule has 0 amide bonds. The summed E-state index contributed by atoms with van der Waals surface area (Å²) in [6, 6.07) is -0.477. The van der Waals surface area contributed by atoms with E-state index in [4.69, 9.17) is 5.11 Å². The number of hydrogen-bond donors (Lipinski definition) is 3. The molecule has 54 valence electrons. The zero-order chi connectivity index (χ0) is 7.28. The van der Waals surface area contributed by atoms with Gasteiger partial charge in [-0.25, -0.2) is 0 Å². The molecule has 4 nitrogen and oxygen atoms in total. The second kappa shape index (κ2) is 4.29. The Labute approximate surface area is 54.3 Å². The first-order valence-corrected chi connectivity index (χ1v) is 2.77. The van der Waals surface area contributed by atoms with E-state index in [2.05, 4.69) is 10.6 Å². The third kappa shape index (κ3) is 3.05. The number of hydrogen-bond acceptors (Lipinski definition) is 3. The lowest BCUT2D eigenvalue weighted by Crippen LogP contribution is -2.41. The van der Waals surface area contributed by atoms with Crippen LogP contribution < -0.4 is 10.6 Å². The smallest absolute Gasteiger partial charge is 0.322 e. The minimum Gasteiger partial charge on any atom is -0.480 e. The normalized spacial score (nSPS) is 13.1. The Morgan fingerprint density at radius 2 is 2.22 bits per heavy atom. The Balaban J connectivity index is 3.54. The highest BCUT2D eigenvalue weighted by atomic mass is 16.4. The first kappa shape index (κ1) is 8.39. The van der Waals surface area contributed by atoms with Gasteiger partial charge in [-0.2, -0.15) is 0 Å². The average molecular weight is 132 g/mol. The molecule has 0 radical (unpaired) electrons. The van der Waals surface area contributed by atoms with Crippen molar-refractivity contribution in [1.29, 1.82) is 0 Å². The van der Waals surface area contributed by atoms with Gasteiger partial charge in [0, 0.05) is 6.54 Å². The van der Waals surface area contributed by atoms with Gasteiger partial charge in [0.05, 0.1) is 0 Å². The summed E-state index contributed by atoms with van der Waals surface area (Å²) in [5.41, 5.74) is 0. The maximum absolute atomic E-state index is 10.2. The van der Waals surface area contributed by atoms with Crippen LogP contribution in [0.2, 0.25) is 0 Å². The van der Waals surface area contributed by atoms with E-state index in [0.717, 1.165) is 0 Å². The fourth-order valence-electron chi connectivity index (χ4n) is 0.517. The lowest BCUT2D eigenvalue weighted by atomic mass is 10.3. The molecule has 9 heavy (non-hydrogen) atoms. The number of carbonyl (C=O) groups is 1. The summed E-state index contributed by atoms with van der Waals surface area (Å²) in [4.78, 5) is 10.2. The standard InChI is InChI=1S/C5H12N2O2/c1-6-3-4(7-2)5(8)9/h4,6-7H,3H2,1-2H3,(H,8,9). The molecule has 0 bridgehead atoms. The Bertz CT molecular complexity index is 95.0. The van der Waals surface area contributed by atoms with Crippen molar-refractivity contribution in [3.8, 4) is 0 Å². The summed E-state index contributed by atoms with van der Waals surface area (Å²) in [5.74, 6) is -0.827. The summed E-state index contributed by atoms with van der Waals surface area (Å²) in [6.45, 7) is 0.450. The summed E-state index contributed by atoms with van der Waals surface area (Å²) in [6.07, 6.45) is 0. The third-order valence-corrected chi connectivity index (χ3v) is 1.05. The van der Waals surface area contributed by atoms with E-state index in [1.54, 1.807) is 14.1 Å². The third-order valence-electron chi connectivity index (χ3n) is 1.05. The number of rotatable bonds is 4. The fourth-order valence-corrected chi connectivity index (χ4v) is 0.517. The van der Waals surface area contributed by atoms with Gasteiger partial charge in [-0.1, -0.05) is 0 Å². The van der Waals surface area contributed by atoms with E-state index in [-0.39, 0.29) is 0 Å². The number of aliphatic carboxylic acids is 1. The van der Waals surface area contributed by atoms with Crippen LogP contribution in [0.1, 0.15) is 0 Å². The quantitative estimate of drug-likeness (QED) is 0.453. The van der Waals surface area contributed by atoms with Crippen molar-refractivity contribution in [3.05, 3.63) is 0 Å². The minimum atomic E-state index is -0.827. The van der Waals surface area contributed by atoms with Gasteiger partial charge in [0.15, 0.2) is 0 Å². The van der Waals surface area contributed by atoms with E-state index in [1.807, 2.05) is 0 Å². The highest BCUT2D eigenvalue weighted by molar-refractivity contribution is 5.73. The van der Waals surface area contributed by atoms with E-state index < -0.39 is 12.0 Å². The molecule has 0 heterocycles. The van der Waals surface area contributed by atoms with Crippen molar-refractivity contribution in [1.82, 2.24) is 10.6 Å². The molecule has 0 fully saturated rings. The highest BCUT2D eigenvalue weighted by Gasteiger charge is 2.11. The molecule has 0 saturated heterocycles. The van der Waals surface area contributed by atoms with E-state index in [9.17, 15) is 4.79 Å². The lowest BCUT2D eigenvalue weighted by molar-refractivity contribution is -0.139. The second-order valence-corrected chi connectivity index (χ2v) is 1.74. The molecule has 0 aromatic heterocycles. The fraction of sp³-hybridized carbons (Fsp3) is 0.800. The molecule has 0 aliphatic carbocycles. The van der Waals surface area contributed by atoms with Gasteiger partial charge in [-0.15, -0.1) is 0 Å². The topological polar surface area (TPSA) is 61.4 Å². The van der Waals surface area contributed by atoms with Crippen LogP contribution in [0.3, 0.4) is 0 Å². The molecule has 1 atom stereocenters. The summed E-state index contributed by atoms with van der Waals surface area (Å²) in [5, 5.41) is 13.8. The van der Waals surface area contributed by atoms with Crippen LogP contribution in [0.4, 0.5) is 0 Å². The van der Waals surface area contributed by atoms with E-state index in [1.165, 1.54) is 0 Å². The van der Waals surface area contributed by atoms with Crippen LogP contribution in [-0.4, -0.2) is 37.8 Å². The molecule has 0 spiro atoms. The van der Waals surface area contributed by atoms with Gasteiger partial charge >= 0.3 is 5.97 Å². The van der Waals surface area contributed by atoms with Crippen molar-refractivity contribution in [3.63, 3.8) is 0 Å². The molecule has 0 aromatic rings. The Morgan fingerprint density at radius 3 is 2.33 bits per heavy atom. The Morgan fingerprint density at radius 1 is 1.67 bits per heavy atom. The number of nitrogens with one attached hydrogen (secondary N) is 2. The number of likely N-dealkylation sites (N-methyl/N-ethyl adjacent to an activating group) is 2. The van der Waals surface area contributed by atoms with Crippen LogP contribution in [0.25, 0.3) is 0 Å². The number of carboxylic acids is 1. The average Bonchev–Trinajstić information content (AvgIpc) is 1.82. The monoisotopic (exact) mass is 132 g/mol. The van der Waals surface area contributed by atoms with Gasteiger partial charge in [0.1, 0.15) is 6.04 Å². The lowest BCUT2D eigenvalue weighted by Gasteiger charge is -2.08. The predicted octanol–water partition coefficient (Wildman–Crippen LogP) is -1.12. The maximum atomic E-state index is 10.2. The highest BCUT2D eigenvalue weighted by Crippen LogP contribution is 1.77. The first-order chi connectivity index (χ1) is 4.22. The van der Waals surface area contributed by atoms with Gasteiger partial charge in [-0.05, 0) is 14.1 Å².